The second-order valence-corrected chi connectivity index (χ2v) is 6.37. The van der Waals surface area contributed by atoms with Crippen LogP contribution in [0, 0.1) is 17.8 Å². The molecule has 0 spiro atoms. The molecule has 3 atom stereocenters. The lowest BCUT2D eigenvalue weighted by Gasteiger charge is -2.19. The second-order valence-electron chi connectivity index (χ2n) is 6.37. The van der Waals surface area contributed by atoms with E-state index >= 15 is 0 Å². The van der Waals surface area contributed by atoms with Crippen LogP contribution >= 0.6 is 0 Å². The van der Waals surface area contributed by atoms with Gasteiger partial charge in [-0.2, -0.15) is 0 Å². The number of para-hydroxylation sites is 1. The van der Waals surface area contributed by atoms with Crippen LogP contribution in [0.25, 0.3) is 0 Å². The minimum Gasteiger partial charge on any atom is -0.481 e. The summed E-state index contributed by atoms with van der Waals surface area (Å²) in [7, 11) is 0. The zero-order chi connectivity index (χ0) is 17.5. The van der Waals surface area contributed by atoms with Crippen molar-refractivity contribution in [2.24, 2.45) is 17.8 Å². The van der Waals surface area contributed by atoms with Crippen LogP contribution in [0.15, 0.2) is 30.3 Å². The third-order valence-electron chi connectivity index (χ3n) is 4.65. The van der Waals surface area contributed by atoms with Gasteiger partial charge in [0.2, 0.25) is 5.91 Å². The topological polar surface area (TPSA) is 104 Å². The first-order valence-electron chi connectivity index (χ1n) is 8.29. The molecule has 1 amide bonds. The summed E-state index contributed by atoms with van der Waals surface area (Å²) in [5, 5.41) is 21.4. The molecule has 1 saturated carbocycles. The van der Waals surface area contributed by atoms with E-state index < -0.39 is 29.7 Å². The molecule has 2 rings (SSSR count). The van der Waals surface area contributed by atoms with Gasteiger partial charge in [0.25, 0.3) is 0 Å². The Morgan fingerprint density at radius 1 is 0.833 bits per heavy atom. The van der Waals surface area contributed by atoms with Gasteiger partial charge in [0.05, 0.1) is 11.8 Å². The molecular formula is C18H23NO5. The summed E-state index contributed by atoms with van der Waals surface area (Å²) < 4.78 is 0. The summed E-state index contributed by atoms with van der Waals surface area (Å²) in [4.78, 5) is 35.2. The number of carboxylic acids is 2. The molecule has 1 aliphatic rings. The predicted molar refractivity (Wildman–Crippen MR) is 88.5 cm³/mol. The van der Waals surface area contributed by atoms with Crippen molar-refractivity contribution in [3.63, 3.8) is 0 Å². The van der Waals surface area contributed by atoms with Crippen molar-refractivity contribution >= 4 is 23.5 Å². The van der Waals surface area contributed by atoms with Gasteiger partial charge in [-0.3, -0.25) is 14.4 Å². The molecule has 1 aliphatic carbocycles. The van der Waals surface area contributed by atoms with Gasteiger partial charge in [-0.25, -0.2) is 0 Å². The molecule has 1 fully saturated rings. The monoisotopic (exact) mass is 333 g/mol. The molecule has 3 unspecified atom stereocenters. The third kappa shape index (κ3) is 5.08. The maximum Gasteiger partial charge on any atom is 0.306 e. The molecule has 0 radical (unpaired) electrons. The van der Waals surface area contributed by atoms with Crippen LogP contribution in [-0.4, -0.2) is 28.1 Å². The molecule has 24 heavy (non-hydrogen) atoms. The average molecular weight is 333 g/mol. The number of benzene rings is 1. The van der Waals surface area contributed by atoms with Gasteiger partial charge in [-0.05, 0) is 44.2 Å². The number of amides is 1. The third-order valence-corrected chi connectivity index (χ3v) is 4.65. The van der Waals surface area contributed by atoms with Crippen LogP contribution in [0.1, 0.15) is 38.5 Å². The Hall–Kier alpha value is -2.37. The Labute approximate surface area is 140 Å². The van der Waals surface area contributed by atoms with E-state index in [1.165, 1.54) is 0 Å². The number of carbonyl (C=O) groups is 3. The minimum atomic E-state index is -0.960. The number of nitrogens with one attached hydrogen (secondary N) is 1. The first kappa shape index (κ1) is 18.0. The second kappa shape index (κ2) is 8.47. The molecule has 0 heterocycles. The maximum atomic E-state index is 12.5. The van der Waals surface area contributed by atoms with E-state index in [4.69, 9.17) is 0 Å². The first-order chi connectivity index (χ1) is 11.5. The van der Waals surface area contributed by atoms with E-state index in [1.54, 1.807) is 12.1 Å². The van der Waals surface area contributed by atoms with Crippen molar-refractivity contribution < 1.29 is 24.6 Å². The summed E-state index contributed by atoms with van der Waals surface area (Å²) in [6.45, 7) is 0. The lowest BCUT2D eigenvalue weighted by atomic mass is 9.88. The quantitative estimate of drug-likeness (QED) is 0.786. The summed E-state index contributed by atoms with van der Waals surface area (Å²) in [6, 6.07) is 9.04. The highest BCUT2D eigenvalue weighted by molar-refractivity contribution is 5.92. The van der Waals surface area contributed by atoms with Gasteiger partial charge in [0.1, 0.15) is 0 Å². The summed E-state index contributed by atoms with van der Waals surface area (Å²) in [5.41, 5.74) is 0.678. The summed E-state index contributed by atoms with van der Waals surface area (Å²) in [6.07, 6.45) is 2.49. The van der Waals surface area contributed by atoms with Crippen LogP contribution in [0.3, 0.4) is 0 Å². The zero-order valence-electron chi connectivity index (χ0n) is 13.5. The Morgan fingerprint density at radius 2 is 1.42 bits per heavy atom. The van der Waals surface area contributed by atoms with E-state index in [2.05, 4.69) is 5.32 Å². The van der Waals surface area contributed by atoms with E-state index in [0.717, 1.165) is 0 Å². The van der Waals surface area contributed by atoms with E-state index in [0.29, 0.717) is 37.8 Å². The normalized spacial score (nSPS) is 24.9. The van der Waals surface area contributed by atoms with Crippen LogP contribution in [0.2, 0.25) is 0 Å². The van der Waals surface area contributed by atoms with Crippen molar-refractivity contribution in [3.8, 4) is 0 Å². The Morgan fingerprint density at radius 3 is 2.04 bits per heavy atom. The highest BCUT2D eigenvalue weighted by atomic mass is 16.4. The Kier molecular flexibility index (Phi) is 6.35. The molecule has 130 valence electrons. The number of hydrogen-bond donors (Lipinski definition) is 3. The standard InChI is InChI=1S/C18H23NO5/c20-16(19-15-7-2-1-3-8-15)13-6-4-5-12(17(21)22)9-10-14(11-13)18(23)24/h1-3,7-8,12-14H,4-6,9-11H2,(H,19,20)(H,21,22)(H,23,24). The lowest BCUT2D eigenvalue weighted by Crippen LogP contribution is -2.27. The summed E-state index contributed by atoms with van der Waals surface area (Å²) >= 11 is 0. The molecule has 0 aromatic heterocycles. The van der Waals surface area contributed by atoms with Gasteiger partial charge in [-0.15, -0.1) is 0 Å². The number of aliphatic carboxylic acids is 2. The number of rotatable bonds is 4. The zero-order valence-corrected chi connectivity index (χ0v) is 13.5. The van der Waals surface area contributed by atoms with Crippen LogP contribution in [-0.2, 0) is 14.4 Å². The largest absolute Gasteiger partial charge is 0.481 e. The lowest BCUT2D eigenvalue weighted by molar-refractivity contribution is -0.145. The first-order valence-corrected chi connectivity index (χ1v) is 8.29. The van der Waals surface area contributed by atoms with Crippen LogP contribution in [0.5, 0.6) is 0 Å². The number of hydrogen-bond acceptors (Lipinski definition) is 3. The molecule has 0 bridgehead atoms. The molecule has 0 saturated heterocycles. The molecule has 6 heteroatoms. The molecule has 0 aliphatic heterocycles. The molecule has 1 aromatic rings. The van der Waals surface area contributed by atoms with Crippen molar-refractivity contribution in [1.29, 1.82) is 0 Å². The SMILES string of the molecule is O=C(O)C1CCCC(C(=O)Nc2ccccc2)CC(C(=O)O)CC1. The molecule has 6 nitrogen and oxygen atoms in total. The molecule has 1 aromatic carbocycles. The fraction of sp³-hybridized carbons (Fsp3) is 0.500. The minimum absolute atomic E-state index is 0.193. The smallest absolute Gasteiger partial charge is 0.306 e. The van der Waals surface area contributed by atoms with Gasteiger partial charge in [-0.1, -0.05) is 24.6 Å². The Bertz CT molecular complexity index is 586. The van der Waals surface area contributed by atoms with Crippen molar-refractivity contribution in [2.45, 2.75) is 38.5 Å². The van der Waals surface area contributed by atoms with Gasteiger partial charge >= 0.3 is 11.9 Å². The highest BCUT2D eigenvalue weighted by Gasteiger charge is 2.31. The van der Waals surface area contributed by atoms with Crippen molar-refractivity contribution in [3.05, 3.63) is 30.3 Å². The van der Waals surface area contributed by atoms with Crippen LogP contribution < -0.4 is 5.32 Å². The fourth-order valence-electron chi connectivity index (χ4n) is 3.21. The van der Waals surface area contributed by atoms with Gasteiger partial charge in [0.15, 0.2) is 0 Å². The molecule has 3 N–H and O–H groups in total. The number of anilines is 1. The van der Waals surface area contributed by atoms with Gasteiger partial charge in [0, 0.05) is 11.6 Å². The highest BCUT2D eigenvalue weighted by Crippen LogP contribution is 2.30. The van der Waals surface area contributed by atoms with E-state index in [1.807, 2.05) is 18.2 Å². The maximum absolute atomic E-state index is 12.5. The van der Waals surface area contributed by atoms with Crippen LogP contribution in [0.4, 0.5) is 5.69 Å². The van der Waals surface area contributed by atoms with E-state index in [9.17, 15) is 24.6 Å². The molecular weight excluding hydrogens is 310 g/mol. The number of carbonyl (C=O) groups excluding carboxylic acids is 1. The fourth-order valence-corrected chi connectivity index (χ4v) is 3.21. The average Bonchev–Trinajstić information content (AvgIpc) is 2.65. The van der Waals surface area contributed by atoms with E-state index in [-0.39, 0.29) is 12.3 Å². The van der Waals surface area contributed by atoms with Crippen molar-refractivity contribution in [1.82, 2.24) is 0 Å². The van der Waals surface area contributed by atoms with Crippen molar-refractivity contribution in [2.75, 3.05) is 5.32 Å². The predicted octanol–water partition coefficient (Wildman–Crippen LogP) is 3.00. The summed E-state index contributed by atoms with van der Waals surface area (Å²) in [5.74, 6) is -3.66. The number of carboxylic acid groups (broad SMARTS) is 2. The Balaban J connectivity index is 2.08. The van der Waals surface area contributed by atoms with Gasteiger partial charge < -0.3 is 15.5 Å².